The first-order chi connectivity index (χ1) is 10.4. The molecule has 0 bridgehead atoms. The Labute approximate surface area is 137 Å². The minimum absolute atomic E-state index is 0.375. The molecule has 126 valence electrons. The van der Waals surface area contributed by atoms with Crippen LogP contribution in [-0.4, -0.2) is 53.2 Å². The third-order valence-corrected chi connectivity index (χ3v) is 6.71. The van der Waals surface area contributed by atoms with Gasteiger partial charge in [0.05, 0.1) is 11.5 Å². The summed E-state index contributed by atoms with van der Waals surface area (Å²) < 4.78 is 32.8. The van der Waals surface area contributed by atoms with Gasteiger partial charge in [-0.3, -0.25) is 0 Å². The molecule has 1 aromatic rings. The van der Waals surface area contributed by atoms with Crippen LogP contribution in [0.4, 0.5) is 0 Å². The van der Waals surface area contributed by atoms with Gasteiger partial charge in [0, 0.05) is 36.5 Å². The maximum absolute atomic E-state index is 12.4. The molecule has 0 unspecified atom stereocenters. The fourth-order valence-corrected chi connectivity index (χ4v) is 5.59. The molecule has 0 saturated carbocycles. The molecule has 22 heavy (non-hydrogen) atoms. The fraction of sp³-hybridized carbons (Fsp3) is 0.733. The zero-order valence-electron chi connectivity index (χ0n) is 13.6. The summed E-state index contributed by atoms with van der Waals surface area (Å²) in [7, 11) is -1.68. The Bertz CT molecular complexity index is 584. The van der Waals surface area contributed by atoms with Crippen LogP contribution in [0, 0.1) is 19.8 Å². The number of thiophene rings is 1. The fourth-order valence-electron chi connectivity index (χ4n) is 2.92. The van der Waals surface area contributed by atoms with Gasteiger partial charge in [-0.25, -0.2) is 13.1 Å². The lowest BCUT2D eigenvalue weighted by molar-refractivity contribution is 0.115. The monoisotopic (exact) mass is 346 g/mol. The molecule has 1 N–H and O–H groups in total. The molecular formula is C15H26N2O3S2. The molecular weight excluding hydrogens is 320 g/mol. The van der Waals surface area contributed by atoms with Crippen molar-refractivity contribution in [2.24, 2.45) is 5.92 Å². The highest BCUT2D eigenvalue weighted by Crippen LogP contribution is 2.25. The molecule has 5 nitrogen and oxygen atoms in total. The molecule has 0 amide bonds. The highest BCUT2D eigenvalue weighted by Gasteiger charge is 2.23. The van der Waals surface area contributed by atoms with Gasteiger partial charge in [0.15, 0.2) is 0 Å². The minimum atomic E-state index is -3.39. The van der Waals surface area contributed by atoms with Crippen molar-refractivity contribution in [1.82, 2.24) is 9.62 Å². The molecule has 2 rings (SSSR count). The summed E-state index contributed by atoms with van der Waals surface area (Å²) in [5, 5.41) is 0. The van der Waals surface area contributed by atoms with Crippen LogP contribution in [0.25, 0.3) is 0 Å². The van der Waals surface area contributed by atoms with Crippen LogP contribution >= 0.6 is 11.3 Å². The third kappa shape index (κ3) is 4.76. The Morgan fingerprint density at radius 2 is 2.23 bits per heavy atom. The van der Waals surface area contributed by atoms with E-state index in [-0.39, 0.29) is 0 Å². The molecule has 2 heterocycles. The number of hydrogen-bond donors (Lipinski definition) is 1. The zero-order chi connectivity index (χ0) is 16.2. The average Bonchev–Trinajstić information content (AvgIpc) is 2.83. The van der Waals surface area contributed by atoms with Crippen LogP contribution in [0.5, 0.6) is 0 Å². The molecule has 1 aliphatic rings. The normalized spacial score (nSPS) is 20.4. The Balaban J connectivity index is 1.90. The Morgan fingerprint density at radius 3 is 2.86 bits per heavy atom. The highest BCUT2D eigenvalue weighted by atomic mass is 32.2. The highest BCUT2D eigenvalue weighted by molar-refractivity contribution is 7.89. The van der Waals surface area contributed by atoms with E-state index in [9.17, 15) is 8.42 Å². The summed E-state index contributed by atoms with van der Waals surface area (Å²) in [6.07, 6.45) is 2.19. The number of nitrogens with zero attached hydrogens (tertiary/aromatic N) is 1. The van der Waals surface area contributed by atoms with E-state index in [0.717, 1.165) is 48.8 Å². The van der Waals surface area contributed by atoms with Crippen LogP contribution in [0.2, 0.25) is 0 Å². The van der Waals surface area contributed by atoms with E-state index < -0.39 is 10.0 Å². The third-order valence-electron chi connectivity index (χ3n) is 4.06. The number of sulfonamides is 1. The quantitative estimate of drug-likeness (QED) is 0.820. The van der Waals surface area contributed by atoms with Gasteiger partial charge in [0.1, 0.15) is 0 Å². The minimum Gasteiger partial charge on any atom is -0.383 e. The second-order valence-electron chi connectivity index (χ2n) is 5.93. The summed E-state index contributed by atoms with van der Waals surface area (Å²) >= 11 is 1.53. The van der Waals surface area contributed by atoms with E-state index in [0.29, 0.717) is 17.4 Å². The molecule has 1 saturated heterocycles. The second-order valence-corrected chi connectivity index (χ2v) is 9.13. The first-order valence-corrected chi connectivity index (χ1v) is 10.0. The van der Waals surface area contributed by atoms with Gasteiger partial charge in [0.2, 0.25) is 10.0 Å². The molecule has 7 heteroatoms. The van der Waals surface area contributed by atoms with Gasteiger partial charge in [0.25, 0.3) is 0 Å². The topological polar surface area (TPSA) is 58.6 Å². The number of nitrogens with one attached hydrogen (secondary N) is 1. The van der Waals surface area contributed by atoms with E-state index in [1.54, 1.807) is 13.2 Å². The number of rotatable bonds is 7. The van der Waals surface area contributed by atoms with Crippen LogP contribution in [0.1, 0.15) is 22.6 Å². The van der Waals surface area contributed by atoms with Crippen LogP contribution in [0.15, 0.2) is 11.0 Å². The lowest BCUT2D eigenvalue weighted by Crippen LogP contribution is -2.42. The van der Waals surface area contributed by atoms with Gasteiger partial charge in [-0.1, -0.05) is 0 Å². The number of piperidine rings is 1. The van der Waals surface area contributed by atoms with Gasteiger partial charge in [-0.05, 0) is 45.2 Å². The number of aryl methyl sites for hydroxylation is 2. The molecule has 0 aromatic carbocycles. The number of ether oxygens (including phenoxy) is 1. The van der Waals surface area contributed by atoms with E-state index in [2.05, 4.69) is 9.62 Å². The maximum Gasteiger partial charge on any atom is 0.241 e. The zero-order valence-corrected chi connectivity index (χ0v) is 15.2. The predicted octanol–water partition coefficient (Wildman–Crippen LogP) is 2.00. The van der Waals surface area contributed by atoms with Crippen molar-refractivity contribution in [3.63, 3.8) is 0 Å². The average molecular weight is 347 g/mol. The predicted molar refractivity (Wildman–Crippen MR) is 90.0 cm³/mol. The van der Waals surface area contributed by atoms with Crippen molar-refractivity contribution in [3.05, 3.63) is 15.8 Å². The maximum atomic E-state index is 12.4. The standard InChI is InChI=1S/C15H26N2O3S2/c1-12-9-15(13(2)21-12)22(18,19)16-10-14-5-4-6-17(11-14)7-8-20-3/h9,14,16H,4-8,10-11H2,1-3H3/t14-/m0/s1. The van der Waals surface area contributed by atoms with Gasteiger partial charge in [-0.2, -0.15) is 0 Å². The number of methoxy groups -OCH3 is 1. The first kappa shape index (κ1) is 17.9. The largest absolute Gasteiger partial charge is 0.383 e. The Kier molecular flexibility index (Phi) is 6.40. The van der Waals surface area contributed by atoms with Crippen molar-refractivity contribution in [2.45, 2.75) is 31.6 Å². The summed E-state index contributed by atoms with van der Waals surface area (Å²) in [6.45, 7) is 7.97. The van der Waals surface area contributed by atoms with E-state index >= 15 is 0 Å². The molecule has 1 atom stereocenters. The van der Waals surface area contributed by atoms with Crippen LogP contribution < -0.4 is 4.72 Å². The molecule has 1 fully saturated rings. The smallest absolute Gasteiger partial charge is 0.241 e. The molecule has 0 spiro atoms. The molecule has 0 radical (unpaired) electrons. The van der Waals surface area contributed by atoms with Gasteiger partial charge < -0.3 is 9.64 Å². The van der Waals surface area contributed by atoms with E-state index in [1.165, 1.54) is 11.3 Å². The van der Waals surface area contributed by atoms with Crippen molar-refractivity contribution in [3.8, 4) is 0 Å². The summed E-state index contributed by atoms with van der Waals surface area (Å²) in [5.74, 6) is 0.375. The van der Waals surface area contributed by atoms with Crippen molar-refractivity contribution in [2.75, 3.05) is 39.9 Å². The number of likely N-dealkylation sites (tertiary alicyclic amines) is 1. The van der Waals surface area contributed by atoms with Gasteiger partial charge in [-0.15, -0.1) is 11.3 Å². The van der Waals surface area contributed by atoms with E-state index in [4.69, 9.17) is 4.74 Å². The number of hydrogen-bond acceptors (Lipinski definition) is 5. The lowest BCUT2D eigenvalue weighted by atomic mass is 9.98. The lowest BCUT2D eigenvalue weighted by Gasteiger charge is -2.32. The van der Waals surface area contributed by atoms with Crippen molar-refractivity contribution >= 4 is 21.4 Å². The van der Waals surface area contributed by atoms with Crippen LogP contribution in [0.3, 0.4) is 0 Å². The van der Waals surface area contributed by atoms with Crippen LogP contribution in [-0.2, 0) is 14.8 Å². The van der Waals surface area contributed by atoms with E-state index in [1.807, 2.05) is 13.8 Å². The second kappa shape index (κ2) is 7.88. The molecule has 1 aromatic heterocycles. The van der Waals surface area contributed by atoms with Crippen molar-refractivity contribution in [1.29, 1.82) is 0 Å². The van der Waals surface area contributed by atoms with Crippen molar-refractivity contribution < 1.29 is 13.2 Å². The summed E-state index contributed by atoms with van der Waals surface area (Å²) in [6, 6.07) is 1.76. The first-order valence-electron chi connectivity index (χ1n) is 7.70. The summed E-state index contributed by atoms with van der Waals surface area (Å²) in [4.78, 5) is 4.67. The Morgan fingerprint density at radius 1 is 1.45 bits per heavy atom. The summed E-state index contributed by atoms with van der Waals surface area (Å²) in [5.41, 5.74) is 0. The molecule has 1 aliphatic heterocycles. The Hall–Kier alpha value is -0.470. The molecule has 0 aliphatic carbocycles. The SMILES string of the molecule is COCCN1CCC[C@@H](CNS(=O)(=O)c2cc(C)sc2C)C1. The van der Waals surface area contributed by atoms with Gasteiger partial charge >= 0.3 is 0 Å².